The summed E-state index contributed by atoms with van der Waals surface area (Å²) in [5.74, 6) is 1.20. The first-order chi connectivity index (χ1) is 9.03. The molecule has 2 aromatic rings. The Balaban J connectivity index is 2.18. The highest BCUT2D eigenvalue weighted by Gasteiger charge is 2.17. The van der Waals surface area contributed by atoms with Gasteiger partial charge in [0.15, 0.2) is 0 Å². The SMILES string of the molecule is CCC(C)(C)c1ccc(Oc2ncccc2N)cc1. The molecule has 0 aliphatic carbocycles. The van der Waals surface area contributed by atoms with Gasteiger partial charge in [0.25, 0.3) is 0 Å². The maximum Gasteiger partial charge on any atom is 0.242 e. The number of nitrogens with two attached hydrogens (primary N) is 1. The molecule has 0 spiro atoms. The summed E-state index contributed by atoms with van der Waals surface area (Å²) in [5.41, 5.74) is 7.83. The highest BCUT2D eigenvalue weighted by Crippen LogP contribution is 2.30. The fourth-order valence-corrected chi connectivity index (χ4v) is 1.78. The summed E-state index contributed by atoms with van der Waals surface area (Å²) in [6.45, 7) is 6.66. The number of nitrogens with zero attached hydrogens (tertiary/aromatic N) is 1. The summed E-state index contributed by atoms with van der Waals surface area (Å²) in [4.78, 5) is 4.11. The second kappa shape index (κ2) is 5.31. The first kappa shape index (κ1) is 13.4. The smallest absolute Gasteiger partial charge is 0.242 e. The van der Waals surface area contributed by atoms with Crippen molar-refractivity contribution in [2.75, 3.05) is 5.73 Å². The Labute approximate surface area is 114 Å². The molecule has 19 heavy (non-hydrogen) atoms. The number of nitrogen functional groups attached to an aromatic ring is 1. The third kappa shape index (κ3) is 3.05. The molecule has 1 aromatic carbocycles. The molecule has 0 saturated carbocycles. The molecule has 1 heterocycles. The van der Waals surface area contributed by atoms with Crippen LogP contribution in [0.5, 0.6) is 11.6 Å². The van der Waals surface area contributed by atoms with Gasteiger partial charge in [0.05, 0.1) is 5.69 Å². The van der Waals surface area contributed by atoms with Crippen LogP contribution in [-0.2, 0) is 5.41 Å². The van der Waals surface area contributed by atoms with Crippen molar-refractivity contribution in [2.45, 2.75) is 32.6 Å². The molecule has 0 fully saturated rings. The Kier molecular flexibility index (Phi) is 3.74. The Morgan fingerprint density at radius 3 is 2.42 bits per heavy atom. The minimum Gasteiger partial charge on any atom is -0.437 e. The van der Waals surface area contributed by atoms with Crippen LogP contribution in [-0.4, -0.2) is 4.98 Å². The second-order valence-electron chi connectivity index (χ2n) is 5.26. The molecule has 0 bridgehead atoms. The molecule has 0 aliphatic rings. The van der Waals surface area contributed by atoms with E-state index >= 15 is 0 Å². The van der Waals surface area contributed by atoms with E-state index in [0.717, 1.165) is 12.2 Å². The number of anilines is 1. The van der Waals surface area contributed by atoms with Crippen LogP contribution in [0.2, 0.25) is 0 Å². The Bertz CT molecular complexity index is 547. The van der Waals surface area contributed by atoms with E-state index in [2.05, 4.69) is 37.9 Å². The van der Waals surface area contributed by atoms with Gasteiger partial charge in [-0.2, -0.15) is 0 Å². The fraction of sp³-hybridized carbons (Fsp3) is 0.312. The van der Waals surface area contributed by atoms with Crippen LogP contribution in [0.15, 0.2) is 42.6 Å². The van der Waals surface area contributed by atoms with Crippen molar-refractivity contribution in [3.8, 4) is 11.6 Å². The predicted molar refractivity (Wildman–Crippen MR) is 78.5 cm³/mol. The van der Waals surface area contributed by atoms with Gasteiger partial charge in [-0.3, -0.25) is 0 Å². The summed E-state index contributed by atoms with van der Waals surface area (Å²) in [5, 5.41) is 0. The van der Waals surface area contributed by atoms with Crippen molar-refractivity contribution in [1.82, 2.24) is 4.98 Å². The standard InChI is InChI=1S/C16H20N2O/c1-4-16(2,3)12-7-9-13(10-8-12)19-15-14(17)6-5-11-18-15/h5-11H,4,17H2,1-3H3. The number of hydrogen-bond donors (Lipinski definition) is 1. The van der Waals surface area contributed by atoms with E-state index in [1.165, 1.54) is 5.56 Å². The molecule has 3 heteroatoms. The predicted octanol–water partition coefficient (Wildman–Crippen LogP) is 4.14. The lowest BCUT2D eigenvalue weighted by Crippen LogP contribution is -2.14. The van der Waals surface area contributed by atoms with Crippen LogP contribution < -0.4 is 10.5 Å². The molecule has 0 amide bonds. The van der Waals surface area contributed by atoms with E-state index in [1.807, 2.05) is 12.1 Å². The number of rotatable bonds is 4. The van der Waals surface area contributed by atoms with Crippen LogP contribution in [0.3, 0.4) is 0 Å². The van der Waals surface area contributed by atoms with Crippen molar-refractivity contribution < 1.29 is 4.74 Å². The van der Waals surface area contributed by atoms with E-state index in [0.29, 0.717) is 11.6 Å². The van der Waals surface area contributed by atoms with Crippen LogP contribution in [0.25, 0.3) is 0 Å². The maximum atomic E-state index is 5.80. The zero-order chi connectivity index (χ0) is 13.9. The first-order valence-corrected chi connectivity index (χ1v) is 6.52. The van der Waals surface area contributed by atoms with Crippen LogP contribution in [0.4, 0.5) is 5.69 Å². The van der Waals surface area contributed by atoms with Crippen molar-refractivity contribution in [3.05, 3.63) is 48.2 Å². The van der Waals surface area contributed by atoms with Gasteiger partial charge in [-0.25, -0.2) is 4.98 Å². The van der Waals surface area contributed by atoms with E-state index < -0.39 is 0 Å². The normalized spacial score (nSPS) is 11.3. The van der Waals surface area contributed by atoms with Crippen molar-refractivity contribution in [1.29, 1.82) is 0 Å². The third-order valence-corrected chi connectivity index (χ3v) is 3.53. The highest BCUT2D eigenvalue weighted by atomic mass is 16.5. The number of pyridine rings is 1. The van der Waals surface area contributed by atoms with E-state index in [-0.39, 0.29) is 5.41 Å². The summed E-state index contributed by atoms with van der Waals surface area (Å²) < 4.78 is 5.67. The number of ether oxygens (including phenoxy) is 1. The van der Waals surface area contributed by atoms with Gasteiger partial charge in [0, 0.05) is 6.20 Å². The van der Waals surface area contributed by atoms with Gasteiger partial charge in [-0.1, -0.05) is 32.9 Å². The Morgan fingerprint density at radius 2 is 1.84 bits per heavy atom. The lowest BCUT2D eigenvalue weighted by molar-refractivity contribution is 0.463. The Morgan fingerprint density at radius 1 is 1.16 bits per heavy atom. The highest BCUT2D eigenvalue weighted by molar-refractivity contribution is 5.49. The lowest BCUT2D eigenvalue weighted by atomic mass is 9.82. The fourth-order valence-electron chi connectivity index (χ4n) is 1.78. The molecule has 0 atom stereocenters. The van der Waals surface area contributed by atoms with E-state index in [4.69, 9.17) is 10.5 Å². The second-order valence-corrected chi connectivity index (χ2v) is 5.26. The summed E-state index contributed by atoms with van der Waals surface area (Å²) >= 11 is 0. The molecular formula is C16H20N2O. The van der Waals surface area contributed by atoms with Gasteiger partial charge < -0.3 is 10.5 Å². The molecule has 2 N–H and O–H groups in total. The number of benzene rings is 1. The maximum absolute atomic E-state index is 5.80. The molecule has 2 rings (SSSR count). The van der Waals surface area contributed by atoms with E-state index in [1.54, 1.807) is 18.3 Å². The summed E-state index contributed by atoms with van der Waals surface area (Å²) in [6, 6.07) is 11.7. The molecule has 1 aromatic heterocycles. The van der Waals surface area contributed by atoms with Gasteiger partial charge in [0.1, 0.15) is 5.75 Å². The zero-order valence-electron chi connectivity index (χ0n) is 11.7. The number of aromatic nitrogens is 1. The monoisotopic (exact) mass is 256 g/mol. The molecular weight excluding hydrogens is 236 g/mol. The quantitative estimate of drug-likeness (QED) is 0.894. The van der Waals surface area contributed by atoms with Crippen LogP contribution in [0.1, 0.15) is 32.8 Å². The average Bonchev–Trinajstić information content (AvgIpc) is 2.42. The first-order valence-electron chi connectivity index (χ1n) is 6.52. The molecule has 3 nitrogen and oxygen atoms in total. The summed E-state index contributed by atoms with van der Waals surface area (Å²) in [7, 11) is 0. The average molecular weight is 256 g/mol. The molecule has 0 radical (unpaired) electrons. The molecule has 0 unspecified atom stereocenters. The zero-order valence-corrected chi connectivity index (χ0v) is 11.7. The van der Waals surface area contributed by atoms with E-state index in [9.17, 15) is 0 Å². The number of hydrogen-bond acceptors (Lipinski definition) is 3. The largest absolute Gasteiger partial charge is 0.437 e. The van der Waals surface area contributed by atoms with Crippen molar-refractivity contribution in [2.24, 2.45) is 0 Å². The van der Waals surface area contributed by atoms with Gasteiger partial charge in [-0.15, -0.1) is 0 Å². The lowest BCUT2D eigenvalue weighted by Gasteiger charge is -2.23. The Hall–Kier alpha value is -2.03. The van der Waals surface area contributed by atoms with Gasteiger partial charge in [0.2, 0.25) is 5.88 Å². The minimum atomic E-state index is 0.183. The van der Waals surface area contributed by atoms with Gasteiger partial charge in [-0.05, 0) is 41.7 Å². The van der Waals surface area contributed by atoms with Crippen molar-refractivity contribution in [3.63, 3.8) is 0 Å². The molecule has 100 valence electrons. The van der Waals surface area contributed by atoms with Crippen LogP contribution >= 0.6 is 0 Å². The molecule has 0 saturated heterocycles. The van der Waals surface area contributed by atoms with Gasteiger partial charge >= 0.3 is 0 Å². The molecule has 0 aliphatic heterocycles. The van der Waals surface area contributed by atoms with Crippen molar-refractivity contribution >= 4 is 5.69 Å². The summed E-state index contributed by atoms with van der Waals surface area (Å²) in [6.07, 6.45) is 2.76. The topological polar surface area (TPSA) is 48.1 Å². The van der Waals surface area contributed by atoms with Crippen LogP contribution in [0, 0.1) is 0 Å². The minimum absolute atomic E-state index is 0.183. The third-order valence-electron chi connectivity index (χ3n) is 3.53.